The molecule has 2 aromatic rings. The summed E-state index contributed by atoms with van der Waals surface area (Å²) in [5, 5.41) is 29.3. The second kappa shape index (κ2) is 6.43. The van der Waals surface area contributed by atoms with Gasteiger partial charge in [0.1, 0.15) is 17.9 Å². The Hall–Kier alpha value is -3.63. The zero-order chi connectivity index (χ0) is 17.0. The zero-order valence-electron chi connectivity index (χ0n) is 11.7. The third-order valence-electron chi connectivity index (χ3n) is 2.79. The van der Waals surface area contributed by atoms with Crippen molar-refractivity contribution in [3.63, 3.8) is 0 Å². The van der Waals surface area contributed by atoms with Gasteiger partial charge < -0.3 is 20.2 Å². The van der Waals surface area contributed by atoms with Gasteiger partial charge in [-0.05, 0) is 26.7 Å². The number of para-hydroxylation sites is 1. The van der Waals surface area contributed by atoms with Crippen LogP contribution in [0.15, 0.2) is 35.4 Å². The normalized spacial score (nSPS) is 11.1. The Morgan fingerprint density at radius 1 is 1.26 bits per heavy atom. The lowest BCUT2D eigenvalue weighted by Crippen LogP contribution is -2.10. The molecule has 11 heteroatoms. The first-order valence-electron chi connectivity index (χ1n) is 6.15. The van der Waals surface area contributed by atoms with E-state index in [9.17, 15) is 25.0 Å². The Morgan fingerprint density at radius 3 is 2.43 bits per heavy atom. The molecule has 0 amide bonds. The SMILES string of the molecule is Cn1nc([N+](=O)[O-])c(C(C=O)=NNc2ccccc2)c1[N+](=O)[O-]. The molecule has 0 saturated carbocycles. The lowest BCUT2D eigenvalue weighted by Gasteiger charge is -2.01. The molecule has 1 aromatic carbocycles. The van der Waals surface area contributed by atoms with E-state index in [1.54, 1.807) is 30.3 Å². The maximum absolute atomic E-state index is 11.2. The second-order valence-corrected chi connectivity index (χ2v) is 4.25. The number of hydrogen-bond acceptors (Lipinski definition) is 8. The standard InChI is InChI=1S/C12H10N6O5/c1-16-12(18(22)23)10(11(15-16)17(20)21)9(7-19)14-13-8-5-3-2-4-6-8/h2-7,13H,1H3. The number of aromatic nitrogens is 2. The molecule has 0 bridgehead atoms. The quantitative estimate of drug-likeness (QED) is 0.365. The number of nitrogens with zero attached hydrogens (tertiary/aromatic N) is 5. The van der Waals surface area contributed by atoms with Gasteiger partial charge in [-0.1, -0.05) is 18.2 Å². The van der Waals surface area contributed by atoms with Crippen LogP contribution in [0.5, 0.6) is 0 Å². The van der Waals surface area contributed by atoms with Crippen LogP contribution in [0, 0.1) is 20.2 Å². The minimum atomic E-state index is -0.913. The number of rotatable bonds is 6. The highest BCUT2D eigenvalue weighted by Crippen LogP contribution is 2.27. The monoisotopic (exact) mass is 318 g/mol. The van der Waals surface area contributed by atoms with Crippen molar-refractivity contribution in [1.29, 1.82) is 0 Å². The van der Waals surface area contributed by atoms with E-state index in [2.05, 4.69) is 15.6 Å². The summed E-state index contributed by atoms with van der Waals surface area (Å²) in [7, 11) is 1.17. The van der Waals surface area contributed by atoms with Gasteiger partial charge >= 0.3 is 11.6 Å². The number of aryl methyl sites for hydroxylation is 1. The molecule has 23 heavy (non-hydrogen) atoms. The van der Waals surface area contributed by atoms with E-state index >= 15 is 0 Å². The molecule has 0 atom stereocenters. The van der Waals surface area contributed by atoms with Crippen molar-refractivity contribution < 1.29 is 14.6 Å². The van der Waals surface area contributed by atoms with Crippen molar-refractivity contribution in [2.75, 3.05) is 5.43 Å². The molecule has 2 rings (SSSR count). The van der Waals surface area contributed by atoms with Crippen LogP contribution in [-0.2, 0) is 11.8 Å². The van der Waals surface area contributed by atoms with E-state index in [0.29, 0.717) is 5.69 Å². The summed E-state index contributed by atoms with van der Waals surface area (Å²) < 4.78 is 0.717. The van der Waals surface area contributed by atoms with E-state index in [1.807, 2.05) is 0 Å². The van der Waals surface area contributed by atoms with E-state index in [4.69, 9.17) is 0 Å². The van der Waals surface area contributed by atoms with Crippen molar-refractivity contribution in [2.24, 2.45) is 12.1 Å². The van der Waals surface area contributed by atoms with Crippen molar-refractivity contribution in [3.8, 4) is 0 Å². The summed E-state index contributed by atoms with van der Waals surface area (Å²) in [6.45, 7) is 0. The maximum atomic E-state index is 11.2. The Kier molecular flexibility index (Phi) is 4.40. The first-order valence-corrected chi connectivity index (χ1v) is 6.15. The highest BCUT2D eigenvalue weighted by atomic mass is 16.6. The summed E-state index contributed by atoms with van der Waals surface area (Å²) >= 11 is 0. The van der Waals surface area contributed by atoms with Crippen LogP contribution in [0.1, 0.15) is 5.56 Å². The minimum absolute atomic E-state index is 0.187. The molecule has 0 saturated heterocycles. The van der Waals surface area contributed by atoms with Crippen molar-refractivity contribution in [2.45, 2.75) is 0 Å². The fraction of sp³-hybridized carbons (Fsp3) is 0.0833. The van der Waals surface area contributed by atoms with Crippen LogP contribution in [0.4, 0.5) is 17.3 Å². The summed E-state index contributed by atoms with van der Waals surface area (Å²) in [6, 6.07) is 8.43. The van der Waals surface area contributed by atoms with Gasteiger partial charge in [-0.2, -0.15) is 5.10 Å². The number of benzene rings is 1. The van der Waals surface area contributed by atoms with E-state index in [-0.39, 0.29) is 6.29 Å². The molecule has 0 aliphatic heterocycles. The lowest BCUT2D eigenvalue weighted by molar-refractivity contribution is -0.395. The fourth-order valence-corrected chi connectivity index (χ4v) is 1.85. The van der Waals surface area contributed by atoms with Gasteiger partial charge in [-0.15, -0.1) is 0 Å². The molecule has 1 heterocycles. The van der Waals surface area contributed by atoms with Crippen LogP contribution >= 0.6 is 0 Å². The topological polar surface area (TPSA) is 146 Å². The highest BCUT2D eigenvalue weighted by Gasteiger charge is 2.38. The number of nitrogens with one attached hydrogen (secondary N) is 1. The predicted octanol–water partition coefficient (Wildman–Crippen LogP) is 1.25. The lowest BCUT2D eigenvalue weighted by atomic mass is 10.2. The van der Waals surface area contributed by atoms with Crippen LogP contribution in [0.2, 0.25) is 0 Å². The highest BCUT2D eigenvalue weighted by molar-refractivity contribution is 6.38. The van der Waals surface area contributed by atoms with Crippen LogP contribution < -0.4 is 5.43 Å². The number of carbonyl (C=O) groups is 1. The zero-order valence-corrected chi connectivity index (χ0v) is 11.7. The third-order valence-corrected chi connectivity index (χ3v) is 2.79. The first kappa shape index (κ1) is 15.8. The molecular formula is C12H10N6O5. The summed E-state index contributed by atoms with van der Waals surface area (Å²) in [6.07, 6.45) is 0.187. The summed E-state index contributed by atoms with van der Waals surface area (Å²) in [5.41, 5.74) is 1.96. The number of nitro groups is 2. The van der Waals surface area contributed by atoms with Crippen LogP contribution in [0.3, 0.4) is 0 Å². The van der Waals surface area contributed by atoms with Gasteiger partial charge in [0.05, 0.1) is 5.69 Å². The maximum Gasteiger partial charge on any atom is 0.430 e. The molecular weight excluding hydrogens is 308 g/mol. The van der Waals surface area contributed by atoms with Crippen LogP contribution in [-0.4, -0.2) is 31.6 Å². The number of hydrazone groups is 1. The van der Waals surface area contributed by atoms with E-state index in [1.165, 1.54) is 7.05 Å². The largest absolute Gasteiger partial charge is 0.430 e. The Bertz CT molecular complexity index is 798. The molecule has 1 N–H and O–H groups in total. The molecule has 0 aliphatic rings. The Balaban J connectivity index is 2.54. The van der Waals surface area contributed by atoms with Crippen LogP contribution in [0.25, 0.3) is 0 Å². The number of carbonyl (C=O) groups excluding carboxylic acids is 1. The van der Waals surface area contributed by atoms with E-state index in [0.717, 1.165) is 4.68 Å². The van der Waals surface area contributed by atoms with Gasteiger partial charge in [-0.3, -0.25) is 10.2 Å². The van der Waals surface area contributed by atoms with Gasteiger partial charge in [0.2, 0.25) is 5.56 Å². The fourth-order valence-electron chi connectivity index (χ4n) is 1.85. The summed E-state index contributed by atoms with van der Waals surface area (Å²) in [5.74, 6) is -1.52. The molecule has 0 radical (unpaired) electrons. The molecule has 0 unspecified atom stereocenters. The molecule has 0 spiro atoms. The van der Waals surface area contributed by atoms with Crippen molar-refractivity contribution in [1.82, 2.24) is 9.78 Å². The Labute approximate surface area is 128 Å². The minimum Gasteiger partial charge on any atom is -0.358 e. The van der Waals surface area contributed by atoms with Gasteiger partial charge in [0.25, 0.3) is 0 Å². The molecule has 0 aliphatic carbocycles. The first-order chi connectivity index (χ1) is 11.0. The third kappa shape index (κ3) is 3.18. The van der Waals surface area contributed by atoms with Gasteiger partial charge in [0, 0.05) is 0 Å². The van der Waals surface area contributed by atoms with Gasteiger partial charge in [0.15, 0.2) is 6.29 Å². The van der Waals surface area contributed by atoms with Gasteiger partial charge in [-0.25, -0.2) is 0 Å². The summed E-state index contributed by atoms with van der Waals surface area (Å²) in [4.78, 5) is 31.6. The molecule has 0 fully saturated rings. The Morgan fingerprint density at radius 2 is 1.91 bits per heavy atom. The smallest absolute Gasteiger partial charge is 0.358 e. The molecule has 11 nitrogen and oxygen atoms in total. The predicted molar refractivity (Wildman–Crippen MR) is 79.2 cm³/mol. The van der Waals surface area contributed by atoms with E-state index < -0.39 is 32.8 Å². The average Bonchev–Trinajstić information content (AvgIpc) is 2.87. The number of aldehydes is 1. The molecule has 118 valence electrons. The average molecular weight is 318 g/mol. The molecule has 1 aromatic heterocycles. The number of anilines is 1. The van der Waals surface area contributed by atoms with Crippen molar-refractivity contribution in [3.05, 3.63) is 56.1 Å². The number of hydrogen-bond donors (Lipinski definition) is 1. The van der Waals surface area contributed by atoms with Crippen molar-refractivity contribution >= 4 is 29.3 Å². The second-order valence-electron chi connectivity index (χ2n) is 4.25.